The first-order valence-corrected chi connectivity index (χ1v) is 8.28. The molecule has 0 bridgehead atoms. The van der Waals surface area contributed by atoms with E-state index in [1.807, 2.05) is 0 Å². The lowest BCUT2D eigenvalue weighted by Gasteiger charge is -2.20. The van der Waals surface area contributed by atoms with Crippen LogP contribution in [0.3, 0.4) is 0 Å². The van der Waals surface area contributed by atoms with Crippen LogP contribution >= 0.6 is 0 Å². The van der Waals surface area contributed by atoms with Crippen molar-refractivity contribution in [3.63, 3.8) is 0 Å². The van der Waals surface area contributed by atoms with Gasteiger partial charge >= 0.3 is 0 Å². The molecule has 22 heavy (non-hydrogen) atoms. The maximum Gasteiger partial charge on any atom is 0.0815 e. The van der Waals surface area contributed by atoms with Gasteiger partial charge in [0.25, 0.3) is 0 Å². The number of benzene rings is 2. The molecule has 2 nitrogen and oxygen atoms in total. The van der Waals surface area contributed by atoms with Crippen molar-refractivity contribution in [3.8, 4) is 0 Å². The van der Waals surface area contributed by atoms with Gasteiger partial charge in [0.1, 0.15) is 0 Å². The van der Waals surface area contributed by atoms with Gasteiger partial charge in [0, 0.05) is 6.54 Å². The third-order valence-electron chi connectivity index (χ3n) is 4.10. The number of nitrogens with one attached hydrogen (secondary N) is 1. The van der Waals surface area contributed by atoms with Crippen LogP contribution in [0.1, 0.15) is 61.5 Å². The SMILES string of the molecule is CCCc1ccccc1C(N)NCc1ccccc1C(C)C. The minimum atomic E-state index is -0.122. The van der Waals surface area contributed by atoms with Gasteiger partial charge in [-0.3, -0.25) is 5.32 Å². The molecule has 0 aromatic heterocycles. The van der Waals surface area contributed by atoms with Crippen molar-refractivity contribution in [2.24, 2.45) is 5.73 Å². The maximum absolute atomic E-state index is 6.39. The van der Waals surface area contributed by atoms with Crippen LogP contribution in [0.5, 0.6) is 0 Å². The van der Waals surface area contributed by atoms with Crippen molar-refractivity contribution in [1.29, 1.82) is 0 Å². The van der Waals surface area contributed by atoms with Gasteiger partial charge < -0.3 is 5.73 Å². The summed E-state index contributed by atoms with van der Waals surface area (Å²) in [6, 6.07) is 17.1. The maximum atomic E-state index is 6.39. The highest BCUT2D eigenvalue weighted by molar-refractivity contribution is 5.32. The Morgan fingerprint density at radius 2 is 1.50 bits per heavy atom. The lowest BCUT2D eigenvalue weighted by Crippen LogP contribution is -2.29. The Bertz CT molecular complexity index is 590. The van der Waals surface area contributed by atoms with Crippen molar-refractivity contribution < 1.29 is 0 Å². The molecule has 0 radical (unpaired) electrons. The fourth-order valence-electron chi connectivity index (χ4n) is 2.92. The van der Waals surface area contributed by atoms with Gasteiger partial charge in [0.05, 0.1) is 6.17 Å². The summed E-state index contributed by atoms with van der Waals surface area (Å²) in [5, 5.41) is 3.49. The van der Waals surface area contributed by atoms with Crippen LogP contribution < -0.4 is 11.1 Å². The standard InChI is InChI=1S/C20H28N2/c1-4-9-16-10-5-8-13-19(16)20(21)22-14-17-11-6-7-12-18(17)15(2)3/h5-8,10-13,15,20,22H,4,9,14,21H2,1-3H3. The van der Waals surface area contributed by atoms with Gasteiger partial charge in [0.15, 0.2) is 0 Å². The van der Waals surface area contributed by atoms with Crippen molar-refractivity contribution in [2.45, 2.75) is 52.2 Å². The molecule has 0 aliphatic rings. The van der Waals surface area contributed by atoms with Crippen LogP contribution in [-0.2, 0) is 13.0 Å². The third-order valence-corrected chi connectivity index (χ3v) is 4.10. The van der Waals surface area contributed by atoms with Gasteiger partial charge in [0.2, 0.25) is 0 Å². The first-order valence-electron chi connectivity index (χ1n) is 8.28. The fourth-order valence-corrected chi connectivity index (χ4v) is 2.92. The summed E-state index contributed by atoms with van der Waals surface area (Å²) in [6.07, 6.45) is 2.09. The highest BCUT2D eigenvalue weighted by Gasteiger charge is 2.11. The summed E-state index contributed by atoms with van der Waals surface area (Å²) in [4.78, 5) is 0. The Balaban J connectivity index is 2.09. The van der Waals surface area contributed by atoms with E-state index in [0.29, 0.717) is 5.92 Å². The van der Waals surface area contributed by atoms with Crippen LogP contribution in [-0.4, -0.2) is 0 Å². The molecule has 2 aromatic carbocycles. The summed E-state index contributed by atoms with van der Waals surface area (Å²) >= 11 is 0. The van der Waals surface area contributed by atoms with E-state index in [2.05, 4.69) is 74.6 Å². The average molecular weight is 296 g/mol. The van der Waals surface area contributed by atoms with E-state index in [1.54, 1.807) is 0 Å². The summed E-state index contributed by atoms with van der Waals surface area (Å²) in [7, 11) is 0. The topological polar surface area (TPSA) is 38.0 Å². The van der Waals surface area contributed by atoms with E-state index in [4.69, 9.17) is 5.73 Å². The second kappa shape index (κ2) is 8.11. The predicted molar refractivity (Wildman–Crippen MR) is 94.7 cm³/mol. The molecule has 0 heterocycles. The lowest BCUT2D eigenvalue weighted by atomic mass is 9.97. The van der Waals surface area contributed by atoms with Gasteiger partial charge in [-0.15, -0.1) is 0 Å². The van der Waals surface area contributed by atoms with E-state index in [0.717, 1.165) is 19.4 Å². The van der Waals surface area contributed by atoms with Crippen LogP contribution in [0.4, 0.5) is 0 Å². The molecule has 1 atom stereocenters. The zero-order valence-electron chi connectivity index (χ0n) is 14.0. The Hall–Kier alpha value is -1.64. The molecule has 3 N–H and O–H groups in total. The molecule has 0 saturated heterocycles. The van der Waals surface area contributed by atoms with Gasteiger partial charge in [-0.25, -0.2) is 0 Å². The van der Waals surface area contributed by atoms with E-state index in [-0.39, 0.29) is 6.17 Å². The molecule has 0 saturated carbocycles. The highest BCUT2D eigenvalue weighted by atomic mass is 15.0. The second-order valence-corrected chi connectivity index (χ2v) is 6.16. The Kier molecular flexibility index (Phi) is 6.17. The number of nitrogens with two attached hydrogens (primary N) is 1. The quantitative estimate of drug-likeness (QED) is 0.738. The van der Waals surface area contributed by atoms with Gasteiger partial charge in [-0.1, -0.05) is 75.7 Å². The van der Waals surface area contributed by atoms with Crippen LogP contribution in [0.2, 0.25) is 0 Å². The van der Waals surface area contributed by atoms with Crippen molar-refractivity contribution >= 4 is 0 Å². The number of aryl methyl sites for hydroxylation is 1. The first kappa shape index (κ1) is 16.7. The summed E-state index contributed by atoms with van der Waals surface area (Å²) in [5.41, 5.74) is 11.7. The Labute approximate surface area is 134 Å². The molecule has 0 aliphatic carbocycles. The largest absolute Gasteiger partial charge is 0.312 e. The van der Waals surface area contributed by atoms with Crippen molar-refractivity contribution in [2.75, 3.05) is 0 Å². The second-order valence-electron chi connectivity index (χ2n) is 6.16. The van der Waals surface area contributed by atoms with E-state index in [9.17, 15) is 0 Å². The first-order chi connectivity index (χ1) is 10.6. The van der Waals surface area contributed by atoms with E-state index in [1.165, 1.54) is 22.3 Å². The fraction of sp³-hybridized carbons (Fsp3) is 0.400. The molecular weight excluding hydrogens is 268 g/mol. The van der Waals surface area contributed by atoms with Crippen molar-refractivity contribution in [3.05, 3.63) is 70.8 Å². The molecule has 0 spiro atoms. The van der Waals surface area contributed by atoms with Gasteiger partial charge in [-0.05, 0) is 34.6 Å². The Morgan fingerprint density at radius 1 is 0.909 bits per heavy atom. The average Bonchev–Trinajstić information content (AvgIpc) is 2.53. The zero-order valence-corrected chi connectivity index (χ0v) is 14.0. The van der Waals surface area contributed by atoms with Crippen LogP contribution in [0.25, 0.3) is 0 Å². The molecule has 2 heteroatoms. The van der Waals surface area contributed by atoms with E-state index >= 15 is 0 Å². The van der Waals surface area contributed by atoms with Crippen molar-refractivity contribution in [1.82, 2.24) is 5.32 Å². The number of hydrogen-bond donors (Lipinski definition) is 2. The zero-order chi connectivity index (χ0) is 15.9. The normalized spacial score (nSPS) is 12.6. The van der Waals surface area contributed by atoms with Crippen LogP contribution in [0, 0.1) is 0 Å². The number of rotatable bonds is 7. The molecule has 118 valence electrons. The molecule has 2 rings (SSSR count). The summed E-state index contributed by atoms with van der Waals surface area (Å²) < 4.78 is 0. The van der Waals surface area contributed by atoms with Gasteiger partial charge in [-0.2, -0.15) is 0 Å². The lowest BCUT2D eigenvalue weighted by molar-refractivity contribution is 0.544. The van der Waals surface area contributed by atoms with E-state index < -0.39 is 0 Å². The predicted octanol–water partition coefficient (Wildman–Crippen LogP) is 4.51. The monoisotopic (exact) mass is 296 g/mol. The molecule has 1 unspecified atom stereocenters. The summed E-state index contributed by atoms with van der Waals surface area (Å²) in [6.45, 7) is 7.47. The summed E-state index contributed by atoms with van der Waals surface area (Å²) in [5.74, 6) is 0.529. The third kappa shape index (κ3) is 4.19. The molecule has 0 amide bonds. The minimum Gasteiger partial charge on any atom is -0.312 e. The molecular formula is C20H28N2. The minimum absolute atomic E-state index is 0.122. The highest BCUT2D eigenvalue weighted by Crippen LogP contribution is 2.21. The molecule has 0 fully saturated rings. The Morgan fingerprint density at radius 3 is 2.14 bits per heavy atom. The smallest absolute Gasteiger partial charge is 0.0815 e. The molecule has 2 aromatic rings. The molecule has 0 aliphatic heterocycles. The van der Waals surface area contributed by atoms with Crippen LogP contribution in [0.15, 0.2) is 48.5 Å². The number of hydrogen-bond acceptors (Lipinski definition) is 2.